The summed E-state index contributed by atoms with van der Waals surface area (Å²) in [5.74, 6) is 1.08. The van der Waals surface area contributed by atoms with E-state index in [2.05, 4.69) is 120 Å². The summed E-state index contributed by atoms with van der Waals surface area (Å²) in [6, 6.07) is 10.1. The van der Waals surface area contributed by atoms with Gasteiger partial charge in [-0.25, -0.2) is 9.97 Å². The first-order valence-electron chi connectivity index (χ1n) is 9.89. The fraction of sp³-hybridized carbons (Fsp3) is 0. The molecule has 42 heavy (non-hydrogen) atoms. The molecule has 2 aromatic carbocycles. The third-order valence-electron chi connectivity index (χ3n) is 4.07. The van der Waals surface area contributed by atoms with Crippen molar-refractivity contribution in [3.8, 4) is 22.8 Å². The second-order valence-corrected chi connectivity index (χ2v) is 55.4. The minimum absolute atomic E-state index is 0. The van der Waals surface area contributed by atoms with Crippen LogP contribution in [0.1, 0.15) is 16.2 Å². The first-order valence-corrected chi connectivity index (χ1v) is 33.9. The molecule has 0 aliphatic rings. The van der Waals surface area contributed by atoms with Crippen LogP contribution in [0.4, 0.5) is 0 Å². The van der Waals surface area contributed by atoms with E-state index >= 15 is 0 Å². The maximum absolute atomic E-state index is 10.5. The van der Waals surface area contributed by atoms with Gasteiger partial charge in [0.1, 0.15) is 11.6 Å². The number of hydrogen-bond acceptors (Lipinski definition) is 5. The number of rotatable bonds is 5. The standard InChI is InChI=1S/C11H7Cl2N3O2.C10H6Cl2N2O.2CH3.5HI.2V/c12-7-1-2-9(10(13)5-7)11-14-6-8(15-11)3-4-16(17)18;11-6-1-2-8(9(12)3-6)10-13-4-7(5-15)14-10;;;;;;;;;/h1-6H,(H,14,15);1-5H,(H,13,14);2*1H3;5*1H;;/q;;2*-1;;;;;;+2;+3/p-5/b4-3+;;;;;;;;;;. The molecule has 2 aromatic heterocycles. The number of hydrogen-bond donors (Lipinski definition) is 2. The number of nitro groups is 1. The molecule has 8 nitrogen and oxygen atoms in total. The van der Waals surface area contributed by atoms with E-state index in [1.165, 1.54) is 18.5 Å². The molecule has 229 valence electrons. The average molecular weight is 1290 g/mol. The molecular weight excluding hydrogens is 1270 g/mol. The number of benzene rings is 2. The summed E-state index contributed by atoms with van der Waals surface area (Å²) in [5.41, 5.74) is 2.33. The zero-order valence-electron chi connectivity index (χ0n) is 21.2. The van der Waals surface area contributed by atoms with Crippen molar-refractivity contribution < 1.29 is 24.1 Å². The predicted molar refractivity (Wildman–Crippen MR) is 212 cm³/mol. The second kappa shape index (κ2) is 25.7. The second-order valence-electron chi connectivity index (χ2n) is 6.60. The minimum atomic E-state index is -0.546. The van der Waals surface area contributed by atoms with Gasteiger partial charge in [-0.15, -0.1) is 0 Å². The fourth-order valence-electron chi connectivity index (χ4n) is 2.59. The van der Waals surface area contributed by atoms with Crippen molar-refractivity contribution in [1.82, 2.24) is 19.9 Å². The molecule has 0 aliphatic carbocycles. The Kier molecular flexibility index (Phi) is 28.0. The summed E-state index contributed by atoms with van der Waals surface area (Å²) < 4.78 is 0. The number of aromatic amines is 2. The van der Waals surface area contributed by atoms with Gasteiger partial charge in [-0.05, 0) is 36.4 Å². The van der Waals surface area contributed by atoms with Gasteiger partial charge in [-0.3, -0.25) is 14.9 Å². The molecule has 0 unspecified atom stereocenters. The van der Waals surface area contributed by atoms with E-state index in [0.717, 1.165) is 6.20 Å². The topological polar surface area (TPSA) is 118 Å². The van der Waals surface area contributed by atoms with Crippen LogP contribution in [0.5, 0.6) is 0 Å². The predicted octanol–water partition coefficient (Wildman–Crippen LogP) is 12.2. The Morgan fingerprint density at radius 3 is 1.55 bits per heavy atom. The van der Waals surface area contributed by atoms with Crippen LogP contribution < -0.4 is 0 Å². The number of imidazole rings is 2. The Balaban J connectivity index is 0. The van der Waals surface area contributed by atoms with Crippen LogP contribution in [0, 0.1) is 25.0 Å². The van der Waals surface area contributed by atoms with E-state index in [4.69, 9.17) is 46.4 Å². The summed E-state index contributed by atoms with van der Waals surface area (Å²) in [5, 5.41) is 12.2. The number of nitrogens with one attached hydrogen (secondary N) is 2. The van der Waals surface area contributed by atoms with Gasteiger partial charge in [-0.2, -0.15) is 0 Å². The quantitative estimate of drug-likeness (QED) is 0.0679. The molecule has 0 saturated heterocycles. The molecule has 0 aliphatic heterocycles. The molecule has 0 bridgehead atoms. The van der Waals surface area contributed by atoms with Gasteiger partial charge >= 0.3 is 114 Å². The van der Waals surface area contributed by atoms with E-state index in [-0.39, 0.29) is 19.8 Å². The van der Waals surface area contributed by atoms with Crippen molar-refractivity contribution in [1.29, 1.82) is 0 Å². The van der Waals surface area contributed by atoms with Gasteiger partial charge in [0, 0.05) is 27.2 Å². The summed E-state index contributed by atoms with van der Waals surface area (Å²) in [6.07, 6.45) is 5.79. The Morgan fingerprint density at radius 2 is 1.21 bits per heavy atom. The van der Waals surface area contributed by atoms with E-state index in [1.807, 2.05) is 0 Å². The average Bonchev–Trinajstić information content (AvgIpc) is 3.53. The zero-order valence-corrected chi connectivity index (χ0v) is 37.8. The SMILES string of the molecule is O=Cc1cnc(-c2ccc(Cl)cc2Cl)[nH]1.O=[N+]([O-])/C=C/c1cnc(-c2ccc(Cl)cc2Cl)[nH]1.[CH3-].[CH3-].[I][V]([I])[I].[I][V][I]. The summed E-state index contributed by atoms with van der Waals surface area (Å²) in [7, 11) is 0.628. The van der Waals surface area contributed by atoms with E-state index < -0.39 is 4.92 Å². The van der Waals surface area contributed by atoms with Crippen LogP contribution in [-0.4, -0.2) is 31.1 Å². The Hall–Kier alpha value is 1.65. The third-order valence-corrected chi connectivity index (χ3v) is 5.16. The Labute approximate surface area is 331 Å². The number of aldehydes is 1. The number of aromatic nitrogens is 4. The monoisotopic (exact) mass is 1290 g/mol. The Morgan fingerprint density at radius 1 is 0.833 bits per heavy atom. The molecule has 0 spiro atoms. The first kappa shape index (κ1) is 45.8. The van der Waals surface area contributed by atoms with Crippen LogP contribution in [-0.2, 0) is 14.4 Å². The van der Waals surface area contributed by atoms with Crippen molar-refractivity contribution in [2.75, 3.05) is 0 Å². The van der Waals surface area contributed by atoms with E-state index in [0.29, 0.717) is 70.0 Å². The van der Waals surface area contributed by atoms with Gasteiger partial charge in [0.15, 0.2) is 6.29 Å². The molecule has 2 N–H and O–H groups in total. The normalized spacial score (nSPS) is 9.57. The van der Waals surface area contributed by atoms with Crippen molar-refractivity contribution in [2.24, 2.45) is 0 Å². The fourth-order valence-corrected chi connectivity index (χ4v) is 3.59. The van der Waals surface area contributed by atoms with Crippen LogP contribution in [0.3, 0.4) is 0 Å². The molecule has 19 heteroatoms. The van der Waals surface area contributed by atoms with Crippen LogP contribution >= 0.6 is 146 Å². The number of carbonyl (C=O) groups excluding carboxylic acids is 1. The van der Waals surface area contributed by atoms with Gasteiger partial charge in [-0.1, -0.05) is 46.4 Å². The molecule has 4 rings (SSSR count). The first-order chi connectivity index (χ1) is 18.9. The zero-order chi connectivity index (χ0) is 30.2. The Bertz CT molecular complexity index is 1430. The van der Waals surface area contributed by atoms with Crippen LogP contribution in [0.2, 0.25) is 20.1 Å². The van der Waals surface area contributed by atoms with Crippen molar-refractivity contribution >= 4 is 159 Å². The molecule has 2 heterocycles. The van der Waals surface area contributed by atoms with Crippen molar-refractivity contribution in [2.45, 2.75) is 0 Å². The summed E-state index contributed by atoms with van der Waals surface area (Å²) in [6.45, 7) is 0. The van der Waals surface area contributed by atoms with Gasteiger partial charge in [0.2, 0.25) is 6.20 Å². The van der Waals surface area contributed by atoms with Gasteiger partial charge in [0.25, 0.3) is 0 Å². The molecule has 0 atom stereocenters. The van der Waals surface area contributed by atoms with Gasteiger partial charge in [0.05, 0.1) is 38.8 Å². The number of carbonyl (C=O) groups is 1. The number of nitrogens with zero attached hydrogens (tertiary/aromatic N) is 3. The molecule has 0 saturated carbocycles. The number of H-pyrrole nitrogens is 2. The molecule has 0 radical (unpaired) electrons. The summed E-state index contributed by atoms with van der Waals surface area (Å²) in [4.78, 5) is 33.7. The molecule has 0 amide bonds. The third kappa shape index (κ3) is 18.7. The van der Waals surface area contributed by atoms with E-state index in [1.54, 1.807) is 36.4 Å². The van der Waals surface area contributed by atoms with E-state index in [9.17, 15) is 14.9 Å². The molecular formula is C23H19Cl4I5N5O3V2-2. The van der Waals surface area contributed by atoms with Crippen LogP contribution in [0.25, 0.3) is 28.9 Å². The van der Waals surface area contributed by atoms with Crippen molar-refractivity contribution in [3.05, 3.63) is 111 Å². The summed E-state index contributed by atoms with van der Waals surface area (Å²) >= 11 is 35.7. The maximum atomic E-state index is 10.5. The van der Waals surface area contributed by atoms with Crippen molar-refractivity contribution in [3.63, 3.8) is 0 Å². The van der Waals surface area contributed by atoms with Crippen LogP contribution in [0.15, 0.2) is 55.0 Å². The molecule has 0 fully saturated rings. The molecule has 4 aromatic rings. The van der Waals surface area contributed by atoms with Gasteiger partial charge < -0.3 is 24.8 Å². The number of halogens is 9.